The molecule has 1 fully saturated rings. The predicted octanol–water partition coefficient (Wildman–Crippen LogP) is 1.71. The number of hydrogen-bond donors (Lipinski definition) is 3. The van der Waals surface area contributed by atoms with Crippen LogP contribution in [-0.2, 0) is 0 Å². The van der Waals surface area contributed by atoms with Crippen molar-refractivity contribution in [2.24, 2.45) is 5.92 Å². The fraction of sp³-hybridized carbons (Fsp3) is 0.692. The third kappa shape index (κ3) is 2.90. The zero-order chi connectivity index (χ0) is 13.1. The van der Waals surface area contributed by atoms with Crippen LogP contribution in [0.3, 0.4) is 0 Å². The summed E-state index contributed by atoms with van der Waals surface area (Å²) in [6.45, 7) is 7.71. The van der Waals surface area contributed by atoms with Gasteiger partial charge in [-0.25, -0.2) is 9.97 Å². The molecule has 100 valence electrons. The van der Waals surface area contributed by atoms with Gasteiger partial charge in [-0.2, -0.15) is 0 Å². The second-order valence-electron chi connectivity index (χ2n) is 5.00. The van der Waals surface area contributed by atoms with E-state index in [0.29, 0.717) is 5.92 Å². The maximum Gasteiger partial charge on any atom is 0.134 e. The summed E-state index contributed by atoms with van der Waals surface area (Å²) in [6.07, 6.45) is 1.70. The second-order valence-corrected chi connectivity index (χ2v) is 5.00. The molecule has 0 saturated heterocycles. The van der Waals surface area contributed by atoms with Gasteiger partial charge in [0.05, 0.1) is 6.10 Å². The van der Waals surface area contributed by atoms with Crippen LogP contribution in [0.25, 0.3) is 0 Å². The van der Waals surface area contributed by atoms with Crippen molar-refractivity contribution < 1.29 is 5.11 Å². The van der Waals surface area contributed by atoms with Crippen molar-refractivity contribution in [3.05, 3.63) is 11.4 Å². The minimum atomic E-state index is -0.0950. The van der Waals surface area contributed by atoms with Crippen LogP contribution >= 0.6 is 0 Å². The maximum atomic E-state index is 9.26. The normalized spacial score (nSPS) is 22.4. The van der Waals surface area contributed by atoms with Crippen molar-refractivity contribution in [2.45, 2.75) is 39.7 Å². The monoisotopic (exact) mass is 250 g/mol. The number of aliphatic hydroxyl groups excluding tert-OH is 1. The molecule has 18 heavy (non-hydrogen) atoms. The summed E-state index contributed by atoms with van der Waals surface area (Å²) in [6, 6.07) is 0. The molecule has 1 aromatic heterocycles. The third-order valence-corrected chi connectivity index (χ3v) is 3.37. The molecule has 0 amide bonds. The molecule has 0 unspecified atom stereocenters. The molecule has 0 atom stereocenters. The first-order valence-corrected chi connectivity index (χ1v) is 6.61. The van der Waals surface area contributed by atoms with Gasteiger partial charge < -0.3 is 15.7 Å². The van der Waals surface area contributed by atoms with Gasteiger partial charge in [0.2, 0.25) is 0 Å². The van der Waals surface area contributed by atoms with Gasteiger partial charge in [0.1, 0.15) is 17.5 Å². The molecule has 0 radical (unpaired) electrons. The van der Waals surface area contributed by atoms with E-state index in [2.05, 4.69) is 27.5 Å². The molecule has 5 nitrogen and oxygen atoms in total. The molecule has 0 aromatic carbocycles. The van der Waals surface area contributed by atoms with Crippen LogP contribution in [-0.4, -0.2) is 34.3 Å². The summed E-state index contributed by atoms with van der Waals surface area (Å²) < 4.78 is 0. The Labute approximate surface area is 108 Å². The fourth-order valence-corrected chi connectivity index (χ4v) is 2.25. The standard InChI is InChI=1S/C13H22N4O/c1-4-14-12-8(2)13(17-9(3)16-12)15-7-10-5-11(18)6-10/h10-11,18H,4-7H2,1-3H3,(H2,14,15,16,17). The van der Waals surface area contributed by atoms with Gasteiger partial charge in [-0.1, -0.05) is 0 Å². The lowest BCUT2D eigenvalue weighted by Crippen LogP contribution is -2.33. The molecule has 0 spiro atoms. The Kier molecular flexibility index (Phi) is 4.01. The number of aryl methyl sites for hydroxylation is 1. The third-order valence-electron chi connectivity index (χ3n) is 3.37. The molecular formula is C13H22N4O. The topological polar surface area (TPSA) is 70.1 Å². The molecular weight excluding hydrogens is 228 g/mol. The average molecular weight is 250 g/mol. The zero-order valence-electron chi connectivity index (χ0n) is 11.3. The molecule has 1 aromatic rings. The summed E-state index contributed by atoms with van der Waals surface area (Å²) >= 11 is 0. The minimum Gasteiger partial charge on any atom is -0.393 e. The first kappa shape index (κ1) is 13.1. The summed E-state index contributed by atoms with van der Waals surface area (Å²) in [5, 5.41) is 15.9. The highest BCUT2D eigenvalue weighted by Gasteiger charge is 2.26. The first-order valence-electron chi connectivity index (χ1n) is 6.61. The Morgan fingerprint density at radius 2 is 1.78 bits per heavy atom. The van der Waals surface area contributed by atoms with Crippen molar-refractivity contribution in [3.63, 3.8) is 0 Å². The van der Waals surface area contributed by atoms with E-state index in [1.807, 2.05) is 13.8 Å². The molecule has 0 bridgehead atoms. The number of rotatable bonds is 5. The highest BCUT2D eigenvalue weighted by atomic mass is 16.3. The number of nitrogens with zero attached hydrogens (tertiary/aromatic N) is 2. The smallest absolute Gasteiger partial charge is 0.134 e. The van der Waals surface area contributed by atoms with Gasteiger partial charge in [-0.15, -0.1) is 0 Å². The van der Waals surface area contributed by atoms with E-state index in [-0.39, 0.29) is 6.10 Å². The van der Waals surface area contributed by atoms with Gasteiger partial charge in [0, 0.05) is 18.7 Å². The number of aliphatic hydroxyl groups is 1. The second kappa shape index (κ2) is 5.52. The Morgan fingerprint density at radius 3 is 2.33 bits per heavy atom. The predicted molar refractivity (Wildman–Crippen MR) is 72.9 cm³/mol. The minimum absolute atomic E-state index is 0.0950. The molecule has 1 saturated carbocycles. The molecule has 0 aliphatic heterocycles. The summed E-state index contributed by atoms with van der Waals surface area (Å²) in [5.41, 5.74) is 1.06. The van der Waals surface area contributed by atoms with E-state index in [0.717, 1.165) is 49.0 Å². The Morgan fingerprint density at radius 1 is 1.17 bits per heavy atom. The molecule has 1 aliphatic carbocycles. The van der Waals surface area contributed by atoms with E-state index in [4.69, 9.17) is 0 Å². The molecule has 1 aliphatic rings. The average Bonchev–Trinajstić information content (AvgIpc) is 2.28. The number of nitrogens with one attached hydrogen (secondary N) is 2. The quantitative estimate of drug-likeness (QED) is 0.742. The van der Waals surface area contributed by atoms with Crippen LogP contribution in [0.4, 0.5) is 11.6 Å². The van der Waals surface area contributed by atoms with Gasteiger partial charge in [-0.3, -0.25) is 0 Å². The summed E-state index contributed by atoms with van der Waals surface area (Å²) in [7, 11) is 0. The van der Waals surface area contributed by atoms with Crippen molar-refractivity contribution in [1.82, 2.24) is 9.97 Å². The van der Waals surface area contributed by atoms with E-state index in [9.17, 15) is 5.11 Å². The summed E-state index contributed by atoms with van der Waals surface area (Å²) in [4.78, 5) is 8.83. The van der Waals surface area contributed by atoms with Gasteiger partial charge in [-0.05, 0) is 39.5 Å². The Hall–Kier alpha value is -1.36. The Bertz CT molecular complexity index is 416. The lowest BCUT2D eigenvalue weighted by Gasteiger charge is -2.31. The first-order chi connectivity index (χ1) is 8.60. The maximum absolute atomic E-state index is 9.26. The molecule has 1 heterocycles. The van der Waals surface area contributed by atoms with Crippen molar-refractivity contribution in [2.75, 3.05) is 23.7 Å². The van der Waals surface area contributed by atoms with Gasteiger partial charge in [0.25, 0.3) is 0 Å². The number of hydrogen-bond acceptors (Lipinski definition) is 5. The number of anilines is 2. The van der Waals surface area contributed by atoms with Crippen LogP contribution in [0.1, 0.15) is 31.2 Å². The zero-order valence-corrected chi connectivity index (χ0v) is 11.3. The molecule has 2 rings (SSSR count). The highest BCUT2D eigenvalue weighted by Crippen LogP contribution is 2.28. The SMILES string of the molecule is CCNc1nc(C)nc(NCC2CC(O)C2)c1C. The van der Waals surface area contributed by atoms with Crippen molar-refractivity contribution in [3.8, 4) is 0 Å². The van der Waals surface area contributed by atoms with Crippen LogP contribution in [0.5, 0.6) is 0 Å². The van der Waals surface area contributed by atoms with Gasteiger partial charge in [0.15, 0.2) is 0 Å². The van der Waals surface area contributed by atoms with Crippen LogP contribution in [0.15, 0.2) is 0 Å². The van der Waals surface area contributed by atoms with Gasteiger partial charge >= 0.3 is 0 Å². The Balaban J connectivity index is 2.02. The molecule has 5 heteroatoms. The lowest BCUT2D eigenvalue weighted by atomic mass is 9.82. The van der Waals surface area contributed by atoms with Crippen LogP contribution < -0.4 is 10.6 Å². The van der Waals surface area contributed by atoms with Crippen molar-refractivity contribution >= 4 is 11.6 Å². The van der Waals surface area contributed by atoms with E-state index < -0.39 is 0 Å². The van der Waals surface area contributed by atoms with Crippen LogP contribution in [0, 0.1) is 19.8 Å². The largest absolute Gasteiger partial charge is 0.393 e. The fourth-order valence-electron chi connectivity index (χ4n) is 2.25. The van der Waals surface area contributed by atoms with E-state index in [1.165, 1.54) is 0 Å². The summed E-state index contributed by atoms with van der Waals surface area (Å²) in [5.74, 6) is 3.14. The highest BCUT2D eigenvalue weighted by molar-refractivity contribution is 5.57. The van der Waals surface area contributed by atoms with E-state index in [1.54, 1.807) is 0 Å². The van der Waals surface area contributed by atoms with Crippen molar-refractivity contribution in [1.29, 1.82) is 0 Å². The lowest BCUT2D eigenvalue weighted by molar-refractivity contribution is 0.0486. The number of aromatic nitrogens is 2. The van der Waals surface area contributed by atoms with E-state index >= 15 is 0 Å². The van der Waals surface area contributed by atoms with Crippen LogP contribution in [0.2, 0.25) is 0 Å². The molecule has 3 N–H and O–H groups in total.